The van der Waals surface area contributed by atoms with Crippen LogP contribution < -0.4 is 5.32 Å². The molecule has 1 N–H and O–H groups in total. The van der Waals surface area contributed by atoms with Gasteiger partial charge in [-0.2, -0.15) is 9.19 Å². The van der Waals surface area contributed by atoms with Crippen molar-refractivity contribution >= 4 is 11.9 Å². The molecule has 0 saturated heterocycles. The molecule has 0 atom stereocenters. The number of anilines is 1. The van der Waals surface area contributed by atoms with Crippen molar-refractivity contribution in [3.63, 3.8) is 0 Å². The summed E-state index contributed by atoms with van der Waals surface area (Å²) in [5.74, 6) is -1.18. The number of aromatic nitrogens is 5. The van der Waals surface area contributed by atoms with Gasteiger partial charge in [-0.1, -0.05) is 5.10 Å². The van der Waals surface area contributed by atoms with Crippen molar-refractivity contribution in [2.24, 2.45) is 7.05 Å². The second-order valence-electron chi connectivity index (χ2n) is 2.92. The zero-order valence-corrected chi connectivity index (χ0v) is 8.25. The minimum absolute atomic E-state index is 0.0599. The fraction of sp³-hybridized carbons (Fsp3) is 0.125. The molecule has 8 heteroatoms. The number of nitrogens with zero attached hydrogens (tertiary/aromatic N) is 5. The molecule has 2 aromatic rings. The van der Waals surface area contributed by atoms with Crippen LogP contribution in [0.5, 0.6) is 0 Å². The summed E-state index contributed by atoms with van der Waals surface area (Å²) in [5, 5.41) is 13.2. The highest BCUT2D eigenvalue weighted by molar-refractivity contribution is 6.03. The second kappa shape index (κ2) is 4.01. The van der Waals surface area contributed by atoms with E-state index in [2.05, 4.69) is 25.7 Å². The van der Waals surface area contributed by atoms with E-state index in [0.29, 0.717) is 0 Å². The number of rotatable bonds is 2. The Morgan fingerprint density at radius 3 is 3.00 bits per heavy atom. The lowest BCUT2D eigenvalue weighted by molar-refractivity contribution is 0.102. The number of pyridine rings is 1. The van der Waals surface area contributed by atoms with Crippen molar-refractivity contribution in [1.29, 1.82) is 0 Å². The Balaban J connectivity index is 2.14. The van der Waals surface area contributed by atoms with Gasteiger partial charge in [0, 0.05) is 17.8 Å². The lowest BCUT2D eigenvalue weighted by Gasteiger charge is -1.99. The van der Waals surface area contributed by atoms with Gasteiger partial charge in [0.25, 0.3) is 11.9 Å². The molecule has 0 bridgehead atoms. The zero-order chi connectivity index (χ0) is 11.5. The van der Waals surface area contributed by atoms with Crippen LogP contribution in [0.2, 0.25) is 0 Å². The van der Waals surface area contributed by atoms with E-state index in [1.54, 1.807) is 7.05 Å². The van der Waals surface area contributed by atoms with Crippen molar-refractivity contribution in [2.45, 2.75) is 0 Å². The van der Waals surface area contributed by atoms with Gasteiger partial charge in [0.2, 0.25) is 5.95 Å². The van der Waals surface area contributed by atoms with Crippen molar-refractivity contribution < 1.29 is 9.18 Å². The summed E-state index contributed by atoms with van der Waals surface area (Å²) in [5.41, 5.74) is 0.139. The van der Waals surface area contributed by atoms with Crippen LogP contribution in [0.25, 0.3) is 0 Å². The van der Waals surface area contributed by atoms with Crippen LogP contribution in [0, 0.1) is 5.95 Å². The Bertz CT molecular complexity index is 525. The minimum Gasteiger partial charge on any atom is -0.288 e. The van der Waals surface area contributed by atoms with Gasteiger partial charge in [0.05, 0.1) is 7.05 Å². The average Bonchev–Trinajstić information content (AvgIpc) is 2.64. The number of halogens is 1. The maximum Gasteiger partial charge on any atom is 0.270 e. The van der Waals surface area contributed by atoms with E-state index in [4.69, 9.17) is 0 Å². The molecule has 0 saturated carbocycles. The van der Waals surface area contributed by atoms with E-state index in [9.17, 15) is 9.18 Å². The normalized spacial score (nSPS) is 10.1. The predicted molar refractivity (Wildman–Crippen MR) is 50.9 cm³/mol. The number of aryl methyl sites for hydroxylation is 1. The molecule has 2 aromatic heterocycles. The van der Waals surface area contributed by atoms with Crippen LogP contribution in [-0.2, 0) is 7.05 Å². The number of hydrogen-bond donors (Lipinski definition) is 1. The highest BCUT2D eigenvalue weighted by atomic mass is 19.1. The minimum atomic E-state index is -0.722. The average molecular weight is 222 g/mol. The SMILES string of the molecule is Cn1nnc(NC(=O)c2ccnc(F)c2)n1. The van der Waals surface area contributed by atoms with Crippen LogP contribution in [0.3, 0.4) is 0 Å². The molecular formula is C8H7FN6O. The largest absolute Gasteiger partial charge is 0.288 e. The van der Waals surface area contributed by atoms with Crippen molar-refractivity contribution in [1.82, 2.24) is 25.2 Å². The Hall–Kier alpha value is -2.38. The lowest BCUT2D eigenvalue weighted by Crippen LogP contribution is -2.13. The first kappa shape index (κ1) is 10.1. The fourth-order valence-corrected chi connectivity index (χ4v) is 1.05. The first-order valence-electron chi connectivity index (χ1n) is 4.32. The second-order valence-corrected chi connectivity index (χ2v) is 2.92. The first-order chi connectivity index (χ1) is 7.65. The number of nitrogens with one attached hydrogen (secondary N) is 1. The van der Waals surface area contributed by atoms with Crippen LogP contribution in [-0.4, -0.2) is 31.1 Å². The molecule has 0 aliphatic carbocycles. The smallest absolute Gasteiger partial charge is 0.270 e. The Labute approximate surface area is 89.3 Å². The summed E-state index contributed by atoms with van der Waals surface area (Å²) in [6, 6.07) is 2.40. The van der Waals surface area contributed by atoms with Gasteiger partial charge in [-0.05, 0) is 11.3 Å². The molecule has 0 spiro atoms. The fourth-order valence-electron chi connectivity index (χ4n) is 1.05. The Morgan fingerprint density at radius 1 is 1.56 bits per heavy atom. The highest BCUT2D eigenvalue weighted by Crippen LogP contribution is 2.03. The van der Waals surface area contributed by atoms with Crippen LogP contribution in [0.1, 0.15) is 10.4 Å². The summed E-state index contributed by atoms with van der Waals surface area (Å²) in [6.07, 6.45) is 1.20. The van der Waals surface area contributed by atoms with E-state index in [-0.39, 0.29) is 11.5 Å². The molecule has 7 nitrogen and oxygen atoms in total. The molecule has 0 aliphatic rings. The molecule has 82 valence electrons. The molecule has 16 heavy (non-hydrogen) atoms. The number of tetrazole rings is 1. The van der Waals surface area contributed by atoms with E-state index < -0.39 is 11.9 Å². The van der Waals surface area contributed by atoms with Crippen molar-refractivity contribution in [2.75, 3.05) is 5.32 Å². The van der Waals surface area contributed by atoms with Gasteiger partial charge in [-0.25, -0.2) is 4.98 Å². The third-order valence-corrected chi connectivity index (χ3v) is 1.72. The molecule has 0 unspecified atom stereocenters. The van der Waals surface area contributed by atoms with Gasteiger partial charge in [0.15, 0.2) is 0 Å². The van der Waals surface area contributed by atoms with E-state index >= 15 is 0 Å². The number of carbonyl (C=O) groups excluding carboxylic acids is 1. The van der Waals surface area contributed by atoms with Gasteiger partial charge in [0.1, 0.15) is 0 Å². The van der Waals surface area contributed by atoms with Crippen LogP contribution >= 0.6 is 0 Å². The lowest BCUT2D eigenvalue weighted by atomic mass is 10.2. The number of amides is 1. The van der Waals surface area contributed by atoms with Gasteiger partial charge < -0.3 is 0 Å². The molecular weight excluding hydrogens is 215 g/mol. The summed E-state index contributed by atoms with van der Waals surface area (Å²) in [4.78, 5) is 16.1. The molecule has 1 amide bonds. The molecule has 2 rings (SSSR count). The third-order valence-electron chi connectivity index (χ3n) is 1.72. The van der Waals surface area contributed by atoms with Crippen molar-refractivity contribution in [3.05, 3.63) is 29.8 Å². The summed E-state index contributed by atoms with van der Waals surface area (Å²) in [7, 11) is 1.56. The summed E-state index contributed by atoms with van der Waals surface area (Å²) in [6.45, 7) is 0. The molecule has 0 aromatic carbocycles. The summed E-state index contributed by atoms with van der Waals surface area (Å²) >= 11 is 0. The molecule has 2 heterocycles. The number of hydrogen-bond acceptors (Lipinski definition) is 5. The maximum atomic E-state index is 12.7. The van der Waals surface area contributed by atoms with Crippen molar-refractivity contribution in [3.8, 4) is 0 Å². The number of carbonyl (C=O) groups is 1. The quantitative estimate of drug-likeness (QED) is 0.722. The maximum absolute atomic E-state index is 12.7. The van der Waals surface area contributed by atoms with Gasteiger partial charge in [-0.15, -0.1) is 5.10 Å². The molecule has 0 fully saturated rings. The molecule has 0 aliphatic heterocycles. The van der Waals surface area contributed by atoms with E-state index in [1.807, 2.05) is 0 Å². The monoisotopic (exact) mass is 222 g/mol. The Morgan fingerprint density at radius 2 is 2.38 bits per heavy atom. The summed E-state index contributed by atoms with van der Waals surface area (Å²) < 4.78 is 12.7. The predicted octanol–water partition coefficient (Wildman–Crippen LogP) is -0.00350. The van der Waals surface area contributed by atoms with Crippen LogP contribution in [0.15, 0.2) is 18.3 Å². The topological polar surface area (TPSA) is 85.6 Å². The van der Waals surface area contributed by atoms with Gasteiger partial charge in [-0.3, -0.25) is 10.1 Å². The third kappa shape index (κ3) is 2.16. The van der Waals surface area contributed by atoms with Gasteiger partial charge >= 0.3 is 0 Å². The Kier molecular flexibility index (Phi) is 2.54. The van der Waals surface area contributed by atoms with Crippen LogP contribution in [0.4, 0.5) is 10.3 Å². The molecule has 0 radical (unpaired) electrons. The standard InChI is InChI=1S/C8H7FN6O/c1-15-13-8(12-14-15)11-7(16)5-2-3-10-6(9)4-5/h2-4H,1H3,(H,11,13,16). The highest BCUT2D eigenvalue weighted by Gasteiger charge is 2.09. The van der Waals surface area contributed by atoms with E-state index in [0.717, 1.165) is 6.07 Å². The first-order valence-corrected chi connectivity index (χ1v) is 4.32. The van der Waals surface area contributed by atoms with E-state index in [1.165, 1.54) is 17.1 Å². The zero-order valence-electron chi connectivity index (χ0n) is 8.25.